The van der Waals surface area contributed by atoms with Gasteiger partial charge in [0.25, 0.3) is 0 Å². The summed E-state index contributed by atoms with van der Waals surface area (Å²) >= 11 is 5.89. The Bertz CT molecular complexity index is 568. The third-order valence-electron chi connectivity index (χ3n) is 2.78. The number of anilines is 2. The maximum atomic E-state index is 5.97. The van der Waals surface area contributed by atoms with Gasteiger partial charge in [0.2, 0.25) is 5.95 Å². The molecule has 1 heterocycles. The number of rotatable bonds is 4. The monoisotopic (exact) mass is 277 g/mol. The first-order valence-corrected chi connectivity index (χ1v) is 6.37. The first kappa shape index (κ1) is 13.6. The summed E-state index contributed by atoms with van der Waals surface area (Å²) in [6.07, 6.45) is 1.53. The van der Waals surface area contributed by atoms with E-state index < -0.39 is 0 Å². The van der Waals surface area contributed by atoms with Crippen LogP contribution in [0.2, 0.25) is 5.02 Å². The van der Waals surface area contributed by atoms with Crippen molar-refractivity contribution in [3.8, 4) is 11.1 Å². The zero-order valence-corrected chi connectivity index (χ0v) is 11.2. The summed E-state index contributed by atoms with van der Waals surface area (Å²) in [5.74, 6) is 0.559. The van der Waals surface area contributed by atoms with Crippen molar-refractivity contribution in [2.45, 2.75) is 12.8 Å². The normalized spacial score (nSPS) is 10.6. The maximum Gasteiger partial charge on any atom is 0.222 e. The molecule has 19 heavy (non-hydrogen) atoms. The Balaban J connectivity index is 2.50. The van der Waals surface area contributed by atoms with Gasteiger partial charge in [0, 0.05) is 10.6 Å². The SMILES string of the molecule is NCCCc1nc(N)nc(N)c1-c1ccc(Cl)cc1. The molecule has 100 valence electrons. The predicted octanol–water partition coefficient (Wildman–Crippen LogP) is 1.85. The van der Waals surface area contributed by atoms with Gasteiger partial charge in [-0.05, 0) is 37.1 Å². The number of halogens is 1. The minimum atomic E-state index is 0.183. The average molecular weight is 278 g/mol. The summed E-state index contributed by atoms with van der Waals surface area (Å²) in [4.78, 5) is 8.29. The number of benzene rings is 1. The predicted molar refractivity (Wildman–Crippen MR) is 78.7 cm³/mol. The van der Waals surface area contributed by atoms with Gasteiger partial charge in [-0.1, -0.05) is 23.7 Å². The quantitative estimate of drug-likeness (QED) is 0.791. The van der Waals surface area contributed by atoms with Gasteiger partial charge in [-0.25, -0.2) is 4.98 Å². The number of hydrogen-bond acceptors (Lipinski definition) is 5. The molecule has 6 N–H and O–H groups in total. The van der Waals surface area contributed by atoms with Crippen LogP contribution >= 0.6 is 11.6 Å². The number of nitrogens with two attached hydrogens (primary N) is 3. The van der Waals surface area contributed by atoms with E-state index in [0.29, 0.717) is 23.8 Å². The number of aryl methyl sites for hydroxylation is 1. The lowest BCUT2D eigenvalue weighted by Crippen LogP contribution is -2.09. The third-order valence-corrected chi connectivity index (χ3v) is 3.03. The largest absolute Gasteiger partial charge is 0.383 e. The molecule has 0 saturated heterocycles. The van der Waals surface area contributed by atoms with E-state index in [1.807, 2.05) is 12.1 Å². The molecular weight excluding hydrogens is 262 g/mol. The van der Waals surface area contributed by atoms with E-state index in [2.05, 4.69) is 9.97 Å². The molecule has 0 radical (unpaired) electrons. The molecule has 0 aliphatic heterocycles. The fourth-order valence-corrected chi connectivity index (χ4v) is 2.05. The zero-order chi connectivity index (χ0) is 13.8. The van der Waals surface area contributed by atoms with Crippen LogP contribution in [0.15, 0.2) is 24.3 Å². The van der Waals surface area contributed by atoms with Crippen LogP contribution in [-0.2, 0) is 6.42 Å². The number of nitrogen functional groups attached to an aromatic ring is 2. The Hall–Kier alpha value is -1.85. The van der Waals surface area contributed by atoms with Crippen LogP contribution in [-0.4, -0.2) is 16.5 Å². The van der Waals surface area contributed by atoms with Crippen LogP contribution in [0, 0.1) is 0 Å². The molecule has 0 aliphatic carbocycles. The molecule has 0 atom stereocenters. The van der Waals surface area contributed by atoms with Crippen molar-refractivity contribution in [3.63, 3.8) is 0 Å². The highest BCUT2D eigenvalue weighted by molar-refractivity contribution is 6.30. The van der Waals surface area contributed by atoms with Crippen molar-refractivity contribution in [2.24, 2.45) is 5.73 Å². The fraction of sp³-hybridized carbons (Fsp3) is 0.231. The van der Waals surface area contributed by atoms with Crippen molar-refractivity contribution in [1.29, 1.82) is 0 Å². The van der Waals surface area contributed by atoms with Gasteiger partial charge < -0.3 is 17.2 Å². The molecule has 1 aromatic carbocycles. The standard InChI is InChI=1S/C13H16ClN5/c14-9-5-3-8(4-6-9)11-10(2-1-7-15)18-13(17)19-12(11)16/h3-6H,1-2,7,15H2,(H4,16,17,18,19). The van der Waals surface area contributed by atoms with Crippen LogP contribution in [0.4, 0.5) is 11.8 Å². The topological polar surface area (TPSA) is 104 Å². The Labute approximate surface area is 116 Å². The highest BCUT2D eigenvalue weighted by atomic mass is 35.5. The molecular formula is C13H16ClN5. The van der Waals surface area contributed by atoms with Crippen molar-refractivity contribution >= 4 is 23.4 Å². The van der Waals surface area contributed by atoms with Crippen LogP contribution in [0.25, 0.3) is 11.1 Å². The van der Waals surface area contributed by atoms with Crippen molar-refractivity contribution in [2.75, 3.05) is 18.0 Å². The van der Waals surface area contributed by atoms with Crippen molar-refractivity contribution < 1.29 is 0 Å². The lowest BCUT2D eigenvalue weighted by atomic mass is 10.0. The second-order valence-electron chi connectivity index (χ2n) is 4.19. The summed E-state index contributed by atoms with van der Waals surface area (Å²) in [5.41, 5.74) is 19.7. The highest BCUT2D eigenvalue weighted by Gasteiger charge is 2.13. The summed E-state index contributed by atoms with van der Waals surface area (Å²) in [6, 6.07) is 7.39. The minimum absolute atomic E-state index is 0.183. The summed E-state index contributed by atoms with van der Waals surface area (Å²) in [6.45, 7) is 0.587. The Morgan fingerprint density at radius 2 is 1.74 bits per heavy atom. The van der Waals surface area contributed by atoms with E-state index >= 15 is 0 Å². The summed E-state index contributed by atoms with van der Waals surface area (Å²) in [5, 5.41) is 0.669. The van der Waals surface area contributed by atoms with E-state index in [4.69, 9.17) is 28.8 Å². The van der Waals surface area contributed by atoms with E-state index in [9.17, 15) is 0 Å². The van der Waals surface area contributed by atoms with E-state index in [1.54, 1.807) is 12.1 Å². The van der Waals surface area contributed by atoms with Crippen LogP contribution in [0.3, 0.4) is 0 Å². The van der Waals surface area contributed by atoms with E-state index in [-0.39, 0.29) is 5.95 Å². The average Bonchev–Trinajstić information content (AvgIpc) is 2.37. The Morgan fingerprint density at radius 1 is 1.05 bits per heavy atom. The summed E-state index contributed by atoms with van der Waals surface area (Å²) < 4.78 is 0. The smallest absolute Gasteiger partial charge is 0.222 e. The molecule has 0 unspecified atom stereocenters. The van der Waals surface area contributed by atoms with Gasteiger partial charge in [-0.15, -0.1) is 0 Å². The van der Waals surface area contributed by atoms with Crippen LogP contribution in [0.1, 0.15) is 12.1 Å². The molecule has 5 nitrogen and oxygen atoms in total. The minimum Gasteiger partial charge on any atom is -0.383 e. The van der Waals surface area contributed by atoms with Crippen molar-refractivity contribution in [1.82, 2.24) is 9.97 Å². The molecule has 2 aromatic rings. The van der Waals surface area contributed by atoms with Gasteiger partial charge in [-0.3, -0.25) is 0 Å². The molecule has 6 heteroatoms. The second-order valence-corrected chi connectivity index (χ2v) is 4.62. The number of aromatic nitrogens is 2. The molecule has 1 aromatic heterocycles. The van der Waals surface area contributed by atoms with Crippen molar-refractivity contribution in [3.05, 3.63) is 35.0 Å². The first-order chi connectivity index (χ1) is 9.11. The van der Waals surface area contributed by atoms with E-state index in [0.717, 1.165) is 23.2 Å². The summed E-state index contributed by atoms with van der Waals surface area (Å²) in [7, 11) is 0. The van der Waals surface area contributed by atoms with Gasteiger partial charge in [0.05, 0.1) is 5.69 Å². The third kappa shape index (κ3) is 3.13. The maximum absolute atomic E-state index is 5.97. The van der Waals surface area contributed by atoms with Crippen LogP contribution in [0.5, 0.6) is 0 Å². The molecule has 0 fully saturated rings. The molecule has 0 amide bonds. The number of hydrogen-bond donors (Lipinski definition) is 3. The lowest BCUT2D eigenvalue weighted by molar-refractivity contribution is 0.810. The zero-order valence-electron chi connectivity index (χ0n) is 10.4. The highest BCUT2D eigenvalue weighted by Crippen LogP contribution is 2.29. The lowest BCUT2D eigenvalue weighted by Gasteiger charge is -2.12. The Kier molecular flexibility index (Phi) is 4.19. The molecule has 2 rings (SSSR count). The van der Waals surface area contributed by atoms with Gasteiger partial charge in [0.1, 0.15) is 5.82 Å². The molecule has 0 saturated carbocycles. The number of nitrogens with zero attached hydrogens (tertiary/aromatic N) is 2. The van der Waals surface area contributed by atoms with E-state index in [1.165, 1.54) is 0 Å². The van der Waals surface area contributed by atoms with Gasteiger partial charge >= 0.3 is 0 Å². The Morgan fingerprint density at radius 3 is 2.37 bits per heavy atom. The first-order valence-electron chi connectivity index (χ1n) is 5.99. The molecule has 0 spiro atoms. The fourth-order valence-electron chi connectivity index (χ4n) is 1.93. The molecule has 0 aliphatic rings. The molecule has 0 bridgehead atoms. The van der Waals surface area contributed by atoms with Gasteiger partial charge in [0.15, 0.2) is 0 Å². The van der Waals surface area contributed by atoms with Crippen LogP contribution < -0.4 is 17.2 Å². The van der Waals surface area contributed by atoms with Gasteiger partial charge in [-0.2, -0.15) is 4.98 Å². The second kappa shape index (κ2) is 5.86.